The van der Waals surface area contributed by atoms with Gasteiger partial charge < -0.3 is 40.2 Å². The molecule has 44 heavy (non-hydrogen) atoms. The zero-order chi connectivity index (χ0) is 32.0. The molecule has 1 aliphatic heterocycles. The van der Waals surface area contributed by atoms with E-state index in [-0.39, 0.29) is 17.2 Å². The minimum atomic E-state index is -4.55. The SMILES string of the molecule is COc1ccc(OC)c(NC(=O)C2=C(C)NC(=S)N[C@H]2c2ccc(OCC(=O)Nc3cccc(C(F)(F)F)c3)c(OC)c2)c1. The molecule has 0 saturated carbocycles. The zero-order valence-corrected chi connectivity index (χ0v) is 24.9. The summed E-state index contributed by atoms with van der Waals surface area (Å²) in [6.45, 7) is 1.21. The Bertz CT molecular complexity index is 1610. The number of anilines is 2. The van der Waals surface area contributed by atoms with Crippen LogP contribution in [0.15, 0.2) is 71.9 Å². The van der Waals surface area contributed by atoms with Crippen molar-refractivity contribution in [2.75, 3.05) is 38.6 Å². The molecular weight excluding hydrogens is 601 g/mol. The maximum absolute atomic E-state index is 13.6. The number of carbonyl (C=O) groups excluding carboxylic acids is 2. The Morgan fingerprint density at radius 3 is 2.32 bits per heavy atom. The summed E-state index contributed by atoms with van der Waals surface area (Å²) < 4.78 is 60.7. The molecule has 0 bridgehead atoms. The van der Waals surface area contributed by atoms with E-state index in [1.807, 2.05) is 0 Å². The van der Waals surface area contributed by atoms with Gasteiger partial charge in [-0.2, -0.15) is 13.2 Å². The Morgan fingerprint density at radius 1 is 0.909 bits per heavy atom. The Morgan fingerprint density at radius 2 is 1.64 bits per heavy atom. The number of carbonyl (C=O) groups is 2. The van der Waals surface area contributed by atoms with Gasteiger partial charge in [0.15, 0.2) is 23.2 Å². The third-order valence-corrected chi connectivity index (χ3v) is 6.74. The summed E-state index contributed by atoms with van der Waals surface area (Å²) in [5.74, 6) is 0.278. The van der Waals surface area contributed by atoms with Gasteiger partial charge >= 0.3 is 6.18 Å². The second-order valence-corrected chi connectivity index (χ2v) is 9.82. The van der Waals surface area contributed by atoms with Crippen molar-refractivity contribution in [2.24, 2.45) is 0 Å². The molecule has 0 spiro atoms. The van der Waals surface area contributed by atoms with Gasteiger partial charge in [-0.3, -0.25) is 9.59 Å². The molecule has 0 aliphatic carbocycles. The van der Waals surface area contributed by atoms with Crippen LogP contribution in [0.4, 0.5) is 24.5 Å². The Hall–Kier alpha value is -4.98. The molecule has 14 heteroatoms. The van der Waals surface area contributed by atoms with Crippen molar-refractivity contribution < 1.29 is 41.7 Å². The van der Waals surface area contributed by atoms with E-state index in [9.17, 15) is 22.8 Å². The molecule has 0 fully saturated rings. The number of benzene rings is 3. The van der Waals surface area contributed by atoms with Crippen molar-refractivity contribution in [1.82, 2.24) is 10.6 Å². The minimum absolute atomic E-state index is 0.0248. The third kappa shape index (κ3) is 7.50. The fourth-order valence-corrected chi connectivity index (χ4v) is 4.71. The molecule has 1 atom stereocenters. The van der Waals surface area contributed by atoms with Crippen LogP contribution >= 0.6 is 12.2 Å². The second-order valence-electron chi connectivity index (χ2n) is 9.42. The second kappa shape index (κ2) is 13.5. The molecule has 3 aromatic carbocycles. The summed E-state index contributed by atoms with van der Waals surface area (Å²) in [5.41, 5.74) is 0.924. The van der Waals surface area contributed by atoms with Crippen molar-refractivity contribution in [1.29, 1.82) is 0 Å². The Balaban J connectivity index is 1.52. The third-order valence-electron chi connectivity index (χ3n) is 6.52. The summed E-state index contributed by atoms with van der Waals surface area (Å²) in [7, 11) is 4.40. The van der Waals surface area contributed by atoms with Crippen LogP contribution in [0, 0.1) is 0 Å². The van der Waals surface area contributed by atoms with Crippen LogP contribution in [0.5, 0.6) is 23.0 Å². The van der Waals surface area contributed by atoms with Crippen LogP contribution in [-0.4, -0.2) is 44.9 Å². The van der Waals surface area contributed by atoms with Gasteiger partial charge in [0.1, 0.15) is 11.5 Å². The zero-order valence-electron chi connectivity index (χ0n) is 24.0. The summed E-state index contributed by atoms with van der Waals surface area (Å²) in [4.78, 5) is 26.0. The van der Waals surface area contributed by atoms with E-state index in [2.05, 4.69) is 21.3 Å². The number of ether oxygens (including phenoxy) is 4. The van der Waals surface area contributed by atoms with Gasteiger partial charge in [-0.25, -0.2) is 0 Å². The van der Waals surface area contributed by atoms with E-state index in [1.165, 1.54) is 33.5 Å². The van der Waals surface area contributed by atoms with Gasteiger partial charge in [-0.05, 0) is 67.2 Å². The van der Waals surface area contributed by atoms with Crippen molar-refractivity contribution in [2.45, 2.75) is 19.1 Å². The maximum Gasteiger partial charge on any atom is 0.416 e. The van der Waals surface area contributed by atoms with Crippen LogP contribution in [0.3, 0.4) is 0 Å². The highest BCUT2D eigenvalue weighted by Crippen LogP contribution is 2.36. The number of allylic oxidation sites excluding steroid dienone is 1. The summed E-state index contributed by atoms with van der Waals surface area (Å²) in [6.07, 6.45) is -4.55. The number of methoxy groups -OCH3 is 3. The monoisotopic (exact) mass is 630 g/mol. The molecule has 4 N–H and O–H groups in total. The lowest BCUT2D eigenvalue weighted by Gasteiger charge is -2.31. The van der Waals surface area contributed by atoms with Crippen molar-refractivity contribution in [3.8, 4) is 23.0 Å². The Labute approximate surface area is 256 Å². The van der Waals surface area contributed by atoms with Gasteiger partial charge in [-0.1, -0.05) is 12.1 Å². The van der Waals surface area contributed by atoms with Crippen LogP contribution in [0.2, 0.25) is 0 Å². The van der Waals surface area contributed by atoms with Crippen LogP contribution in [-0.2, 0) is 15.8 Å². The lowest BCUT2D eigenvalue weighted by atomic mass is 9.94. The van der Waals surface area contributed by atoms with E-state index in [4.69, 9.17) is 31.2 Å². The summed E-state index contributed by atoms with van der Waals surface area (Å²) >= 11 is 5.35. The molecule has 4 rings (SSSR count). The predicted octanol–water partition coefficient (Wildman–Crippen LogP) is 5.18. The Kier molecular flexibility index (Phi) is 9.83. The number of rotatable bonds is 10. The standard InChI is InChI=1S/C30H29F3N4O6S/c1-16-26(28(39)36-21-14-20(40-2)9-11-22(21)41-3)27(37-29(44)34-16)17-8-10-23(24(12-17)42-4)43-15-25(38)35-19-7-5-6-18(13-19)30(31,32)33/h5-14,27H,15H2,1-4H3,(H,35,38)(H,36,39)(H2,34,37,44)/t27-/m0/s1. The number of hydrogen-bond acceptors (Lipinski definition) is 7. The predicted molar refractivity (Wildman–Crippen MR) is 161 cm³/mol. The number of halogens is 3. The van der Waals surface area contributed by atoms with Gasteiger partial charge in [0.2, 0.25) is 0 Å². The first-order valence-electron chi connectivity index (χ1n) is 13.0. The fourth-order valence-electron chi connectivity index (χ4n) is 4.44. The molecule has 232 valence electrons. The molecule has 3 aromatic rings. The lowest BCUT2D eigenvalue weighted by Crippen LogP contribution is -2.45. The number of amides is 2. The largest absolute Gasteiger partial charge is 0.497 e. The first-order chi connectivity index (χ1) is 20.9. The maximum atomic E-state index is 13.6. The van der Waals surface area contributed by atoms with Gasteiger partial charge in [-0.15, -0.1) is 0 Å². The fraction of sp³-hybridized carbons (Fsp3) is 0.233. The van der Waals surface area contributed by atoms with E-state index in [0.29, 0.717) is 39.1 Å². The normalized spacial score (nSPS) is 14.6. The highest BCUT2D eigenvalue weighted by molar-refractivity contribution is 7.80. The topological polar surface area (TPSA) is 119 Å². The summed E-state index contributed by atoms with van der Waals surface area (Å²) in [6, 6.07) is 13.4. The number of hydrogen-bond donors (Lipinski definition) is 4. The van der Waals surface area contributed by atoms with E-state index < -0.39 is 36.2 Å². The summed E-state index contributed by atoms with van der Waals surface area (Å²) in [5, 5.41) is 11.6. The first-order valence-corrected chi connectivity index (χ1v) is 13.4. The number of alkyl halides is 3. The van der Waals surface area contributed by atoms with Crippen LogP contribution in [0.25, 0.3) is 0 Å². The van der Waals surface area contributed by atoms with E-state index >= 15 is 0 Å². The molecule has 0 radical (unpaired) electrons. The molecule has 0 saturated heterocycles. The van der Waals surface area contributed by atoms with Gasteiger partial charge in [0.25, 0.3) is 11.8 Å². The molecule has 10 nitrogen and oxygen atoms in total. The molecular formula is C30H29F3N4O6S. The molecule has 1 heterocycles. The molecule has 0 unspecified atom stereocenters. The molecule has 2 amide bonds. The van der Waals surface area contributed by atoms with E-state index in [1.54, 1.807) is 43.3 Å². The van der Waals surface area contributed by atoms with E-state index in [0.717, 1.165) is 12.1 Å². The smallest absolute Gasteiger partial charge is 0.416 e. The van der Waals surface area contributed by atoms with Gasteiger partial charge in [0.05, 0.1) is 44.2 Å². The first kappa shape index (κ1) is 31.9. The van der Waals surface area contributed by atoms with Crippen LogP contribution < -0.4 is 40.2 Å². The molecule has 0 aromatic heterocycles. The number of thiocarbonyl (C=S) groups is 1. The highest BCUT2D eigenvalue weighted by Gasteiger charge is 2.32. The average molecular weight is 631 g/mol. The molecule has 1 aliphatic rings. The number of nitrogens with one attached hydrogen (secondary N) is 4. The van der Waals surface area contributed by atoms with Gasteiger partial charge in [0, 0.05) is 17.5 Å². The minimum Gasteiger partial charge on any atom is -0.497 e. The lowest BCUT2D eigenvalue weighted by molar-refractivity contribution is -0.137. The van der Waals surface area contributed by atoms with Crippen molar-refractivity contribution in [3.63, 3.8) is 0 Å². The quantitative estimate of drug-likeness (QED) is 0.225. The van der Waals surface area contributed by atoms with Crippen molar-refractivity contribution >= 4 is 40.5 Å². The van der Waals surface area contributed by atoms with Crippen molar-refractivity contribution in [3.05, 3.63) is 83.1 Å². The van der Waals surface area contributed by atoms with Crippen LogP contribution in [0.1, 0.15) is 24.1 Å². The highest BCUT2D eigenvalue weighted by atomic mass is 32.1. The average Bonchev–Trinajstić information content (AvgIpc) is 2.99.